The molecule has 0 radical (unpaired) electrons. The molecule has 1 unspecified atom stereocenters. The average Bonchev–Trinajstić information content (AvgIpc) is 2.35. The summed E-state index contributed by atoms with van der Waals surface area (Å²) in [7, 11) is -3.56. The summed E-state index contributed by atoms with van der Waals surface area (Å²) in [5.74, 6) is -2.75. The highest BCUT2D eigenvalue weighted by molar-refractivity contribution is 7.89. The van der Waals surface area contributed by atoms with Gasteiger partial charge in [-0.2, -0.15) is 8.70 Å². The number of hydrogen-bond donors (Lipinski definition) is 1. The second-order valence-electron chi connectivity index (χ2n) is 3.88. The molecule has 1 N–H and O–H groups in total. The SMILES string of the molecule is CC(C(=O)O)N(C)S(=O)(=O)c1cccc(F)c1[N+](=O)[O-]. The van der Waals surface area contributed by atoms with E-state index in [9.17, 15) is 27.7 Å². The Kier molecular flexibility index (Phi) is 4.40. The first-order chi connectivity index (χ1) is 9.10. The zero-order valence-electron chi connectivity index (χ0n) is 10.5. The summed E-state index contributed by atoms with van der Waals surface area (Å²) in [4.78, 5) is 19.5. The van der Waals surface area contributed by atoms with E-state index in [-0.39, 0.29) is 0 Å². The smallest absolute Gasteiger partial charge is 0.324 e. The Morgan fingerprint density at radius 1 is 1.50 bits per heavy atom. The number of sulfonamides is 1. The molecule has 0 saturated carbocycles. The molecule has 1 aromatic rings. The third kappa shape index (κ3) is 2.75. The zero-order chi connectivity index (χ0) is 15.7. The van der Waals surface area contributed by atoms with Crippen LogP contribution in [0.1, 0.15) is 6.92 Å². The molecule has 10 heteroatoms. The van der Waals surface area contributed by atoms with Crippen LogP contribution in [0.2, 0.25) is 0 Å². The molecule has 0 fully saturated rings. The van der Waals surface area contributed by atoms with Gasteiger partial charge < -0.3 is 5.11 Å². The van der Waals surface area contributed by atoms with Crippen molar-refractivity contribution in [2.75, 3.05) is 7.05 Å². The molecule has 0 aliphatic rings. The molecule has 0 saturated heterocycles. The molecule has 0 heterocycles. The molecule has 0 bridgehead atoms. The van der Waals surface area contributed by atoms with Crippen LogP contribution in [-0.2, 0) is 14.8 Å². The maximum Gasteiger partial charge on any atom is 0.324 e. The van der Waals surface area contributed by atoms with E-state index in [1.807, 2.05) is 0 Å². The first-order valence-electron chi connectivity index (χ1n) is 5.24. The van der Waals surface area contributed by atoms with E-state index in [0.29, 0.717) is 4.31 Å². The predicted octanol–water partition coefficient (Wildman–Crippen LogP) is 0.827. The van der Waals surface area contributed by atoms with Crippen LogP contribution in [0.15, 0.2) is 23.1 Å². The molecule has 20 heavy (non-hydrogen) atoms. The molecule has 8 nitrogen and oxygen atoms in total. The van der Waals surface area contributed by atoms with Gasteiger partial charge in [0.05, 0.1) is 4.92 Å². The van der Waals surface area contributed by atoms with Crippen LogP contribution in [0.25, 0.3) is 0 Å². The van der Waals surface area contributed by atoms with Crippen LogP contribution in [-0.4, -0.2) is 41.8 Å². The monoisotopic (exact) mass is 306 g/mol. The summed E-state index contributed by atoms with van der Waals surface area (Å²) in [6.45, 7) is 1.09. The Labute approximate surface area is 113 Å². The number of para-hydroxylation sites is 1. The third-order valence-electron chi connectivity index (χ3n) is 2.69. The van der Waals surface area contributed by atoms with Gasteiger partial charge in [0.15, 0.2) is 4.90 Å². The number of carboxylic acid groups (broad SMARTS) is 1. The van der Waals surface area contributed by atoms with Crippen molar-refractivity contribution in [3.8, 4) is 0 Å². The van der Waals surface area contributed by atoms with Gasteiger partial charge in [0, 0.05) is 7.05 Å². The number of rotatable bonds is 5. The molecule has 0 amide bonds. The highest BCUT2D eigenvalue weighted by Gasteiger charge is 2.36. The second-order valence-corrected chi connectivity index (χ2v) is 5.85. The fourth-order valence-electron chi connectivity index (χ4n) is 1.40. The molecule has 110 valence electrons. The van der Waals surface area contributed by atoms with Gasteiger partial charge in [0.1, 0.15) is 6.04 Å². The summed E-state index contributed by atoms with van der Waals surface area (Å²) in [5.41, 5.74) is -1.21. The molecule has 0 aromatic heterocycles. The van der Waals surface area contributed by atoms with E-state index >= 15 is 0 Å². The number of nitro groups is 1. The maximum atomic E-state index is 13.4. The summed E-state index contributed by atoms with van der Waals surface area (Å²) in [5, 5.41) is 19.6. The van der Waals surface area contributed by atoms with Gasteiger partial charge in [-0.1, -0.05) is 6.07 Å². The number of nitrogens with zero attached hydrogens (tertiary/aromatic N) is 2. The topological polar surface area (TPSA) is 118 Å². The zero-order valence-corrected chi connectivity index (χ0v) is 11.3. The average molecular weight is 306 g/mol. The molecule has 1 aromatic carbocycles. The van der Waals surface area contributed by atoms with E-state index in [1.54, 1.807) is 0 Å². The third-order valence-corrected chi connectivity index (χ3v) is 4.65. The minimum atomic E-state index is -4.51. The fourth-order valence-corrected chi connectivity index (χ4v) is 2.88. The van der Waals surface area contributed by atoms with E-state index in [0.717, 1.165) is 32.2 Å². The van der Waals surface area contributed by atoms with Gasteiger partial charge in [0.25, 0.3) is 10.0 Å². The van der Waals surface area contributed by atoms with Crippen LogP contribution < -0.4 is 0 Å². The Balaban J connectivity index is 3.48. The Morgan fingerprint density at radius 3 is 2.50 bits per heavy atom. The lowest BCUT2D eigenvalue weighted by molar-refractivity contribution is -0.390. The number of hydrogen-bond acceptors (Lipinski definition) is 5. The number of aliphatic carboxylic acids is 1. The van der Waals surface area contributed by atoms with Crippen LogP contribution in [0, 0.1) is 15.9 Å². The van der Waals surface area contributed by atoms with Gasteiger partial charge in [0.2, 0.25) is 5.82 Å². The lowest BCUT2D eigenvalue weighted by Crippen LogP contribution is -2.40. The van der Waals surface area contributed by atoms with Gasteiger partial charge in [-0.05, 0) is 19.1 Å². The quantitative estimate of drug-likeness (QED) is 0.635. The number of halogens is 1. The normalized spacial score (nSPS) is 13.2. The standard InChI is InChI=1S/C10H11FN2O6S/c1-6(10(14)15)12(2)20(18,19)8-5-3-4-7(11)9(8)13(16)17/h3-6H,1-2H3,(H,14,15). The minimum absolute atomic E-state index is 0.428. The van der Waals surface area contributed by atoms with E-state index < -0.39 is 43.4 Å². The van der Waals surface area contributed by atoms with Crippen molar-refractivity contribution >= 4 is 21.7 Å². The van der Waals surface area contributed by atoms with Crippen molar-refractivity contribution in [1.29, 1.82) is 0 Å². The van der Waals surface area contributed by atoms with E-state index in [1.165, 1.54) is 0 Å². The lowest BCUT2D eigenvalue weighted by atomic mass is 10.3. The molecule has 1 atom stereocenters. The van der Waals surface area contributed by atoms with Crippen LogP contribution in [0.3, 0.4) is 0 Å². The number of likely N-dealkylation sites (N-methyl/N-ethyl adjacent to an activating group) is 1. The van der Waals surface area contributed by atoms with Gasteiger partial charge in [-0.25, -0.2) is 8.42 Å². The number of benzene rings is 1. The van der Waals surface area contributed by atoms with Crippen LogP contribution >= 0.6 is 0 Å². The van der Waals surface area contributed by atoms with Crippen molar-refractivity contribution in [2.24, 2.45) is 0 Å². The van der Waals surface area contributed by atoms with Crippen molar-refractivity contribution in [2.45, 2.75) is 17.9 Å². The number of carboxylic acids is 1. The molecule has 1 rings (SSSR count). The predicted molar refractivity (Wildman–Crippen MR) is 65.1 cm³/mol. The largest absolute Gasteiger partial charge is 0.480 e. The molecular formula is C10H11FN2O6S. The van der Waals surface area contributed by atoms with Crippen molar-refractivity contribution in [3.63, 3.8) is 0 Å². The van der Waals surface area contributed by atoms with Gasteiger partial charge in [-0.3, -0.25) is 14.9 Å². The summed E-state index contributed by atoms with van der Waals surface area (Å²) in [6.07, 6.45) is 0. The first-order valence-corrected chi connectivity index (χ1v) is 6.68. The molecule has 0 aliphatic carbocycles. The molecular weight excluding hydrogens is 295 g/mol. The minimum Gasteiger partial charge on any atom is -0.480 e. The fraction of sp³-hybridized carbons (Fsp3) is 0.300. The van der Waals surface area contributed by atoms with Gasteiger partial charge in [-0.15, -0.1) is 0 Å². The van der Waals surface area contributed by atoms with Crippen LogP contribution in [0.5, 0.6) is 0 Å². The Morgan fingerprint density at radius 2 is 2.05 bits per heavy atom. The summed E-state index contributed by atoms with van der Waals surface area (Å²) in [6, 6.07) is 1.14. The highest BCUT2D eigenvalue weighted by Crippen LogP contribution is 2.29. The Hall–Kier alpha value is -2.07. The summed E-state index contributed by atoms with van der Waals surface area (Å²) >= 11 is 0. The van der Waals surface area contributed by atoms with Crippen molar-refractivity contribution in [1.82, 2.24) is 4.31 Å². The highest BCUT2D eigenvalue weighted by atomic mass is 32.2. The first kappa shape index (κ1) is 16.0. The Bertz CT molecular complexity index is 660. The number of carbonyl (C=O) groups is 1. The lowest BCUT2D eigenvalue weighted by Gasteiger charge is -2.20. The maximum absolute atomic E-state index is 13.4. The summed E-state index contributed by atoms with van der Waals surface area (Å²) < 4.78 is 38.1. The molecule has 0 spiro atoms. The van der Waals surface area contributed by atoms with Crippen molar-refractivity contribution < 1.29 is 27.6 Å². The van der Waals surface area contributed by atoms with Gasteiger partial charge >= 0.3 is 11.7 Å². The van der Waals surface area contributed by atoms with E-state index in [4.69, 9.17) is 5.11 Å². The number of nitro benzene ring substituents is 1. The van der Waals surface area contributed by atoms with Crippen molar-refractivity contribution in [3.05, 3.63) is 34.1 Å². The van der Waals surface area contributed by atoms with E-state index in [2.05, 4.69) is 0 Å². The second kappa shape index (κ2) is 5.51. The molecule has 0 aliphatic heterocycles. The van der Waals surface area contributed by atoms with Crippen LogP contribution in [0.4, 0.5) is 10.1 Å².